The van der Waals surface area contributed by atoms with Crippen LogP contribution in [-0.2, 0) is 18.7 Å². The standard InChI is InChI=1S/C18H36O5Si/c1-16(2,3)13(15(19)20)14(12-11-21-18(7,8)22-12)23-24(9,10)17(4,5)6/h12-14H,11H2,1-10H3,(H,19,20)/t12-,13+,14-/m1/s1. The minimum atomic E-state index is -2.17. The third kappa shape index (κ3) is 5.03. The Kier molecular flexibility index (Phi) is 6.04. The second-order valence-corrected chi connectivity index (χ2v) is 14.6. The lowest BCUT2D eigenvalue weighted by Gasteiger charge is -2.44. The summed E-state index contributed by atoms with van der Waals surface area (Å²) in [7, 11) is -2.17. The molecule has 24 heavy (non-hydrogen) atoms. The quantitative estimate of drug-likeness (QED) is 0.742. The number of hydrogen-bond acceptors (Lipinski definition) is 4. The number of carbonyl (C=O) groups is 1. The van der Waals surface area contributed by atoms with Gasteiger partial charge in [-0.3, -0.25) is 4.79 Å². The summed E-state index contributed by atoms with van der Waals surface area (Å²) >= 11 is 0. The molecule has 0 aliphatic carbocycles. The minimum Gasteiger partial charge on any atom is -0.481 e. The number of carboxylic acid groups (broad SMARTS) is 1. The first-order chi connectivity index (χ1) is 10.5. The van der Waals surface area contributed by atoms with E-state index in [1.807, 2.05) is 34.6 Å². The topological polar surface area (TPSA) is 65.0 Å². The molecule has 0 aromatic carbocycles. The molecule has 1 aliphatic heterocycles. The molecule has 1 saturated heterocycles. The molecule has 142 valence electrons. The van der Waals surface area contributed by atoms with Gasteiger partial charge in [0.25, 0.3) is 0 Å². The van der Waals surface area contributed by atoms with Gasteiger partial charge in [0.1, 0.15) is 6.10 Å². The summed E-state index contributed by atoms with van der Waals surface area (Å²) in [6.07, 6.45) is -0.917. The summed E-state index contributed by atoms with van der Waals surface area (Å²) in [5, 5.41) is 9.90. The number of rotatable bonds is 5. The van der Waals surface area contributed by atoms with E-state index in [2.05, 4.69) is 33.9 Å². The number of hydrogen-bond donors (Lipinski definition) is 1. The third-order valence-corrected chi connectivity index (χ3v) is 9.64. The Hall–Kier alpha value is -0.433. The molecule has 1 heterocycles. The van der Waals surface area contributed by atoms with Crippen LogP contribution in [0.5, 0.6) is 0 Å². The molecular formula is C18H36O5Si. The molecule has 0 amide bonds. The summed E-state index contributed by atoms with van der Waals surface area (Å²) in [6, 6.07) is 0. The molecule has 0 aromatic rings. The van der Waals surface area contributed by atoms with Crippen molar-refractivity contribution >= 4 is 14.3 Å². The molecule has 1 N–H and O–H groups in total. The van der Waals surface area contributed by atoms with Gasteiger partial charge in [0.15, 0.2) is 14.1 Å². The summed E-state index contributed by atoms with van der Waals surface area (Å²) in [4.78, 5) is 12.1. The third-order valence-electron chi connectivity index (χ3n) is 5.16. The lowest BCUT2D eigenvalue weighted by Crippen LogP contribution is -2.54. The highest BCUT2D eigenvalue weighted by molar-refractivity contribution is 6.74. The van der Waals surface area contributed by atoms with Gasteiger partial charge in [-0.25, -0.2) is 0 Å². The van der Waals surface area contributed by atoms with E-state index in [0.717, 1.165) is 0 Å². The predicted octanol–water partition coefficient (Wildman–Crippen LogP) is 4.28. The van der Waals surface area contributed by atoms with Crippen molar-refractivity contribution in [2.75, 3.05) is 6.61 Å². The van der Waals surface area contributed by atoms with Crippen molar-refractivity contribution < 1.29 is 23.8 Å². The first-order valence-electron chi connectivity index (χ1n) is 8.70. The molecule has 0 spiro atoms. The zero-order valence-electron chi connectivity index (χ0n) is 17.0. The van der Waals surface area contributed by atoms with E-state index < -0.39 is 37.5 Å². The fourth-order valence-electron chi connectivity index (χ4n) is 2.76. The first kappa shape index (κ1) is 21.6. The van der Waals surface area contributed by atoms with Gasteiger partial charge in [0.05, 0.1) is 18.6 Å². The maximum absolute atomic E-state index is 12.1. The van der Waals surface area contributed by atoms with Crippen LogP contribution >= 0.6 is 0 Å². The zero-order chi connectivity index (χ0) is 19.1. The molecule has 0 unspecified atom stereocenters. The van der Waals surface area contributed by atoms with Crippen molar-refractivity contribution in [3.8, 4) is 0 Å². The van der Waals surface area contributed by atoms with Crippen LogP contribution in [0.2, 0.25) is 18.1 Å². The fraction of sp³-hybridized carbons (Fsp3) is 0.944. The molecule has 0 aromatic heterocycles. The van der Waals surface area contributed by atoms with Gasteiger partial charge in [0, 0.05) is 0 Å². The highest BCUT2D eigenvalue weighted by atomic mass is 28.4. The highest BCUT2D eigenvalue weighted by Gasteiger charge is 2.51. The monoisotopic (exact) mass is 360 g/mol. The van der Waals surface area contributed by atoms with Gasteiger partial charge in [-0.15, -0.1) is 0 Å². The maximum Gasteiger partial charge on any atom is 0.309 e. The zero-order valence-corrected chi connectivity index (χ0v) is 18.0. The molecule has 3 atom stereocenters. The Morgan fingerprint density at radius 3 is 2.00 bits per heavy atom. The van der Waals surface area contributed by atoms with Gasteiger partial charge in [-0.05, 0) is 37.4 Å². The van der Waals surface area contributed by atoms with E-state index in [9.17, 15) is 9.90 Å². The van der Waals surface area contributed by atoms with Crippen molar-refractivity contribution in [1.29, 1.82) is 0 Å². The van der Waals surface area contributed by atoms with Crippen LogP contribution in [0.15, 0.2) is 0 Å². The normalized spacial score (nSPS) is 24.7. The van der Waals surface area contributed by atoms with Crippen molar-refractivity contribution in [2.24, 2.45) is 11.3 Å². The molecule has 0 bridgehead atoms. The van der Waals surface area contributed by atoms with Crippen LogP contribution in [0, 0.1) is 11.3 Å². The second kappa shape index (κ2) is 6.70. The number of carboxylic acids is 1. The molecule has 6 heteroatoms. The van der Waals surface area contributed by atoms with E-state index in [1.165, 1.54) is 0 Å². The molecule has 5 nitrogen and oxygen atoms in total. The van der Waals surface area contributed by atoms with Crippen molar-refractivity contribution in [1.82, 2.24) is 0 Å². The summed E-state index contributed by atoms with van der Waals surface area (Å²) in [5.74, 6) is -2.23. The van der Waals surface area contributed by atoms with Crippen LogP contribution in [0.25, 0.3) is 0 Å². The number of aliphatic carboxylic acids is 1. The van der Waals surface area contributed by atoms with Crippen molar-refractivity contribution in [3.05, 3.63) is 0 Å². The van der Waals surface area contributed by atoms with E-state index in [0.29, 0.717) is 6.61 Å². The largest absolute Gasteiger partial charge is 0.481 e. The molecule has 0 radical (unpaired) electrons. The Bertz CT molecular complexity index is 459. The van der Waals surface area contributed by atoms with Gasteiger partial charge in [0.2, 0.25) is 0 Å². The predicted molar refractivity (Wildman–Crippen MR) is 97.6 cm³/mol. The van der Waals surface area contributed by atoms with Gasteiger partial charge >= 0.3 is 5.97 Å². The maximum atomic E-state index is 12.1. The van der Waals surface area contributed by atoms with E-state index in [4.69, 9.17) is 13.9 Å². The van der Waals surface area contributed by atoms with Crippen LogP contribution in [0.3, 0.4) is 0 Å². The average molecular weight is 361 g/mol. The van der Waals surface area contributed by atoms with E-state index in [-0.39, 0.29) is 11.1 Å². The fourth-order valence-corrected chi connectivity index (χ4v) is 4.08. The Morgan fingerprint density at radius 1 is 1.21 bits per heavy atom. The van der Waals surface area contributed by atoms with Crippen LogP contribution in [0.1, 0.15) is 55.4 Å². The average Bonchev–Trinajstić information content (AvgIpc) is 2.64. The molecular weight excluding hydrogens is 324 g/mol. The molecule has 1 fully saturated rings. The Balaban J connectivity index is 3.24. The summed E-state index contributed by atoms with van der Waals surface area (Å²) in [6.45, 7) is 20.6. The minimum absolute atomic E-state index is 0.0127. The van der Waals surface area contributed by atoms with E-state index >= 15 is 0 Å². The van der Waals surface area contributed by atoms with Gasteiger partial charge in [-0.2, -0.15) is 0 Å². The van der Waals surface area contributed by atoms with Crippen LogP contribution in [0.4, 0.5) is 0 Å². The molecule has 0 saturated carbocycles. The Morgan fingerprint density at radius 2 is 1.71 bits per heavy atom. The SMILES string of the molecule is CC1(C)OC[C@H]([C@@H](O[Si](C)(C)C(C)(C)C)[C@@H](C(=O)O)C(C)(C)C)O1. The summed E-state index contributed by atoms with van der Waals surface area (Å²) in [5.41, 5.74) is -0.449. The Labute approximate surface area is 148 Å². The van der Waals surface area contributed by atoms with Crippen molar-refractivity contribution in [2.45, 2.75) is 91.5 Å². The molecule has 1 rings (SSSR count). The highest BCUT2D eigenvalue weighted by Crippen LogP contribution is 2.43. The molecule has 1 aliphatic rings. The van der Waals surface area contributed by atoms with Gasteiger partial charge in [-0.1, -0.05) is 41.5 Å². The second-order valence-electron chi connectivity index (χ2n) is 9.89. The lowest BCUT2D eigenvalue weighted by atomic mass is 9.76. The van der Waals surface area contributed by atoms with Gasteiger partial charge < -0.3 is 19.0 Å². The summed E-state index contributed by atoms with van der Waals surface area (Å²) < 4.78 is 18.3. The van der Waals surface area contributed by atoms with Crippen molar-refractivity contribution in [3.63, 3.8) is 0 Å². The smallest absolute Gasteiger partial charge is 0.309 e. The van der Waals surface area contributed by atoms with Crippen LogP contribution in [-0.4, -0.2) is 44.0 Å². The lowest BCUT2D eigenvalue weighted by molar-refractivity contribution is -0.170. The van der Waals surface area contributed by atoms with E-state index in [1.54, 1.807) is 0 Å². The number of ether oxygens (including phenoxy) is 2. The van der Waals surface area contributed by atoms with Crippen LogP contribution < -0.4 is 0 Å². The first-order valence-corrected chi connectivity index (χ1v) is 11.6.